The lowest BCUT2D eigenvalue weighted by molar-refractivity contribution is 0.0193. The Bertz CT molecular complexity index is 528. The van der Waals surface area contributed by atoms with E-state index in [4.69, 9.17) is 9.47 Å². The van der Waals surface area contributed by atoms with Crippen molar-refractivity contribution < 1.29 is 14.3 Å². The van der Waals surface area contributed by atoms with Crippen LogP contribution in [0.4, 0.5) is 4.79 Å². The van der Waals surface area contributed by atoms with Crippen LogP contribution in [-0.4, -0.2) is 41.6 Å². The first-order chi connectivity index (χ1) is 11.8. The Hall–Kier alpha value is -1.53. The van der Waals surface area contributed by atoms with Gasteiger partial charge in [-0.25, -0.2) is 4.79 Å². The van der Waals surface area contributed by atoms with E-state index in [-0.39, 0.29) is 12.1 Å². The van der Waals surface area contributed by atoms with Crippen molar-refractivity contribution >= 4 is 6.09 Å². The van der Waals surface area contributed by atoms with Gasteiger partial charge in [-0.05, 0) is 58.1 Å². The zero-order chi connectivity index (χ0) is 18.3. The van der Waals surface area contributed by atoms with E-state index in [1.165, 1.54) is 5.56 Å². The van der Waals surface area contributed by atoms with Crippen molar-refractivity contribution in [3.8, 4) is 0 Å². The molecule has 1 fully saturated rings. The van der Waals surface area contributed by atoms with E-state index in [0.717, 1.165) is 45.4 Å². The van der Waals surface area contributed by atoms with Crippen LogP contribution in [0.25, 0.3) is 0 Å². The minimum Gasteiger partial charge on any atom is -0.444 e. The number of aryl methyl sites for hydroxylation is 1. The minimum atomic E-state index is -0.447. The quantitative estimate of drug-likeness (QED) is 0.741. The van der Waals surface area contributed by atoms with Crippen molar-refractivity contribution in [2.24, 2.45) is 7.05 Å². The number of carbonyl (C=O) groups is 1. The minimum absolute atomic E-state index is 0.200. The van der Waals surface area contributed by atoms with Gasteiger partial charge in [-0.3, -0.25) is 0 Å². The molecule has 6 nitrogen and oxygen atoms in total. The summed E-state index contributed by atoms with van der Waals surface area (Å²) in [5, 5.41) is 6.36. The molecule has 1 aromatic heterocycles. The molecule has 0 radical (unpaired) electrons. The van der Waals surface area contributed by atoms with Crippen molar-refractivity contribution in [1.29, 1.82) is 0 Å². The normalized spacial score (nSPS) is 21.1. The van der Waals surface area contributed by atoms with Gasteiger partial charge in [-0.2, -0.15) is 0 Å². The van der Waals surface area contributed by atoms with Crippen LogP contribution in [0.2, 0.25) is 0 Å². The molecule has 6 heteroatoms. The molecule has 1 saturated carbocycles. The number of ether oxygens (including phenoxy) is 2. The summed E-state index contributed by atoms with van der Waals surface area (Å²) in [6.07, 6.45) is 8.02. The summed E-state index contributed by atoms with van der Waals surface area (Å²) in [6, 6.07) is 2.32. The first-order valence-electron chi connectivity index (χ1n) is 9.24. The van der Waals surface area contributed by atoms with Crippen LogP contribution < -0.4 is 10.6 Å². The summed E-state index contributed by atoms with van der Waals surface area (Å²) in [7, 11) is 2.03. The fraction of sp³-hybridized carbons (Fsp3) is 0.737. The summed E-state index contributed by atoms with van der Waals surface area (Å²) in [4.78, 5) is 11.8. The second-order valence-corrected chi connectivity index (χ2v) is 7.85. The van der Waals surface area contributed by atoms with Crippen LogP contribution in [0.15, 0.2) is 18.5 Å². The van der Waals surface area contributed by atoms with Gasteiger partial charge in [0.05, 0.1) is 12.7 Å². The molecule has 0 bridgehead atoms. The molecule has 25 heavy (non-hydrogen) atoms. The maximum Gasteiger partial charge on any atom is 0.407 e. The number of rotatable bonds is 7. The van der Waals surface area contributed by atoms with Gasteiger partial charge in [0, 0.05) is 38.6 Å². The number of aromatic nitrogens is 1. The first kappa shape index (κ1) is 19.8. The number of hydrogen-bond acceptors (Lipinski definition) is 4. The molecule has 0 atom stereocenters. The van der Waals surface area contributed by atoms with Crippen LogP contribution >= 0.6 is 0 Å². The molecule has 0 unspecified atom stereocenters. The number of hydrogen-bond donors (Lipinski definition) is 2. The molecule has 1 heterocycles. The largest absolute Gasteiger partial charge is 0.444 e. The van der Waals surface area contributed by atoms with Crippen LogP contribution in [0.1, 0.15) is 52.0 Å². The van der Waals surface area contributed by atoms with Crippen LogP contribution in [0, 0.1) is 0 Å². The second kappa shape index (κ2) is 9.25. The van der Waals surface area contributed by atoms with Crippen molar-refractivity contribution in [2.75, 3.05) is 13.2 Å². The summed E-state index contributed by atoms with van der Waals surface area (Å²) < 4.78 is 13.3. The molecule has 0 aliphatic heterocycles. The van der Waals surface area contributed by atoms with E-state index in [1.54, 1.807) is 0 Å². The van der Waals surface area contributed by atoms with Crippen LogP contribution in [0.5, 0.6) is 0 Å². The van der Waals surface area contributed by atoms with Crippen molar-refractivity contribution in [2.45, 2.75) is 70.7 Å². The molecule has 0 saturated heterocycles. The van der Waals surface area contributed by atoms with Crippen molar-refractivity contribution in [3.63, 3.8) is 0 Å². The Morgan fingerprint density at radius 2 is 2.00 bits per heavy atom. The van der Waals surface area contributed by atoms with Gasteiger partial charge < -0.3 is 24.7 Å². The molecular formula is C19H33N3O3. The van der Waals surface area contributed by atoms with E-state index in [2.05, 4.69) is 33.7 Å². The zero-order valence-corrected chi connectivity index (χ0v) is 16.0. The molecular weight excluding hydrogens is 318 g/mol. The Labute approximate surface area is 151 Å². The van der Waals surface area contributed by atoms with Crippen molar-refractivity contribution in [3.05, 3.63) is 24.0 Å². The van der Waals surface area contributed by atoms with Crippen molar-refractivity contribution in [1.82, 2.24) is 15.2 Å². The fourth-order valence-corrected chi connectivity index (χ4v) is 3.04. The lowest BCUT2D eigenvalue weighted by atomic mass is 9.93. The Balaban J connectivity index is 1.52. The Kier molecular flexibility index (Phi) is 7.32. The Morgan fingerprint density at radius 1 is 1.28 bits per heavy atom. The highest BCUT2D eigenvalue weighted by atomic mass is 16.6. The lowest BCUT2D eigenvalue weighted by Crippen LogP contribution is -2.42. The number of nitrogens with one attached hydrogen (secondary N) is 2. The van der Waals surface area contributed by atoms with E-state index < -0.39 is 5.60 Å². The maximum atomic E-state index is 11.8. The molecule has 1 aliphatic rings. The molecule has 1 aliphatic carbocycles. The first-order valence-corrected chi connectivity index (χ1v) is 9.24. The van der Waals surface area contributed by atoms with Gasteiger partial charge in [0.1, 0.15) is 5.60 Å². The molecule has 1 aromatic rings. The standard InChI is InChI=1S/C19H33N3O3/c1-19(2,3)25-18(23)21-16-5-7-17(8-6-16)24-12-10-20-13-15-9-11-22(4)14-15/h9,11,14,16-17,20H,5-8,10,12-13H2,1-4H3,(H,21,23). The zero-order valence-electron chi connectivity index (χ0n) is 16.0. The smallest absolute Gasteiger partial charge is 0.407 e. The predicted octanol–water partition coefficient (Wildman–Crippen LogP) is 2.97. The van der Waals surface area contributed by atoms with Gasteiger partial charge in [0.25, 0.3) is 0 Å². The third-order valence-corrected chi connectivity index (χ3v) is 4.25. The highest BCUT2D eigenvalue weighted by molar-refractivity contribution is 5.68. The topological polar surface area (TPSA) is 64.5 Å². The fourth-order valence-electron chi connectivity index (χ4n) is 3.04. The summed E-state index contributed by atoms with van der Waals surface area (Å²) in [6.45, 7) is 8.08. The molecule has 142 valence electrons. The van der Waals surface area contributed by atoms with E-state index >= 15 is 0 Å². The van der Waals surface area contributed by atoms with Crippen LogP contribution in [-0.2, 0) is 23.1 Å². The van der Waals surface area contributed by atoms with Crippen LogP contribution in [0.3, 0.4) is 0 Å². The van der Waals surface area contributed by atoms with Gasteiger partial charge in [-0.15, -0.1) is 0 Å². The van der Waals surface area contributed by atoms with Gasteiger partial charge in [0.2, 0.25) is 0 Å². The number of alkyl carbamates (subject to hydrolysis) is 1. The molecule has 1 amide bonds. The van der Waals surface area contributed by atoms with E-state index in [1.807, 2.05) is 27.8 Å². The van der Waals surface area contributed by atoms with E-state index in [9.17, 15) is 4.79 Å². The third-order valence-electron chi connectivity index (χ3n) is 4.25. The molecule has 0 aromatic carbocycles. The summed E-state index contributed by atoms with van der Waals surface area (Å²) in [5.74, 6) is 0. The highest BCUT2D eigenvalue weighted by Gasteiger charge is 2.24. The average Bonchev–Trinajstić information content (AvgIpc) is 2.92. The predicted molar refractivity (Wildman–Crippen MR) is 98.5 cm³/mol. The molecule has 0 spiro atoms. The summed E-state index contributed by atoms with van der Waals surface area (Å²) in [5.41, 5.74) is 0.841. The third kappa shape index (κ3) is 7.92. The molecule has 2 rings (SSSR count). The van der Waals surface area contributed by atoms with Gasteiger partial charge in [0.15, 0.2) is 0 Å². The number of amides is 1. The lowest BCUT2D eigenvalue weighted by Gasteiger charge is -2.30. The second-order valence-electron chi connectivity index (χ2n) is 7.85. The van der Waals surface area contributed by atoms with Gasteiger partial charge in [-0.1, -0.05) is 0 Å². The average molecular weight is 351 g/mol. The molecule has 2 N–H and O–H groups in total. The monoisotopic (exact) mass is 351 g/mol. The number of nitrogens with zero attached hydrogens (tertiary/aromatic N) is 1. The maximum absolute atomic E-state index is 11.8. The SMILES string of the molecule is Cn1ccc(CNCCOC2CCC(NC(=O)OC(C)(C)C)CC2)c1. The summed E-state index contributed by atoms with van der Waals surface area (Å²) >= 11 is 0. The van der Waals surface area contributed by atoms with E-state index in [0.29, 0.717) is 6.10 Å². The Morgan fingerprint density at radius 3 is 2.60 bits per heavy atom. The number of carbonyl (C=O) groups excluding carboxylic acids is 1. The van der Waals surface area contributed by atoms with Gasteiger partial charge >= 0.3 is 6.09 Å². The highest BCUT2D eigenvalue weighted by Crippen LogP contribution is 2.21.